The molecule has 96 valence electrons. The average molecular weight is 252 g/mol. The molecule has 2 atom stereocenters. The minimum absolute atomic E-state index is 0.388. The van der Waals surface area contributed by atoms with E-state index in [1.807, 2.05) is 11.8 Å². The Morgan fingerprint density at radius 1 is 1.35 bits per heavy atom. The van der Waals surface area contributed by atoms with Crippen molar-refractivity contribution in [1.29, 1.82) is 0 Å². The van der Waals surface area contributed by atoms with Crippen molar-refractivity contribution in [3.63, 3.8) is 0 Å². The summed E-state index contributed by atoms with van der Waals surface area (Å²) in [6.07, 6.45) is 2.44. The minimum atomic E-state index is 0.388. The van der Waals surface area contributed by atoms with Gasteiger partial charge in [0.2, 0.25) is 0 Å². The van der Waals surface area contributed by atoms with Crippen LogP contribution in [-0.2, 0) is 0 Å². The smallest absolute Gasteiger partial charge is 0.0330 e. The largest absolute Gasteiger partial charge is 0.271 e. The second kappa shape index (κ2) is 7.75. The maximum Gasteiger partial charge on any atom is 0.0330 e. The lowest BCUT2D eigenvalue weighted by Crippen LogP contribution is -2.41. The highest BCUT2D eigenvalue weighted by Crippen LogP contribution is 2.24. The Bertz CT molecular complexity index is 328. The molecule has 0 aliphatic carbocycles. The molecule has 0 aliphatic rings. The van der Waals surface area contributed by atoms with E-state index in [1.165, 1.54) is 23.3 Å². The van der Waals surface area contributed by atoms with Gasteiger partial charge in [-0.25, -0.2) is 0 Å². The van der Waals surface area contributed by atoms with Gasteiger partial charge in [-0.3, -0.25) is 11.3 Å². The van der Waals surface area contributed by atoms with Crippen LogP contribution in [0, 0.1) is 12.8 Å². The highest BCUT2D eigenvalue weighted by Gasteiger charge is 2.15. The Morgan fingerprint density at radius 3 is 2.65 bits per heavy atom. The summed E-state index contributed by atoms with van der Waals surface area (Å²) >= 11 is 1.89. The summed E-state index contributed by atoms with van der Waals surface area (Å²) < 4.78 is 0. The Balaban J connectivity index is 2.50. The van der Waals surface area contributed by atoms with Crippen molar-refractivity contribution >= 4 is 11.8 Å². The normalized spacial score (nSPS) is 14.6. The van der Waals surface area contributed by atoms with Crippen LogP contribution in [0.2, 0.25) is 0 Å². The quantitative estimate of drug-likeness (QED) is 0.444. The van der Waals surface area contributed by atoms with Crippen molar-refractivity contribution in [1.82, 2.24) is 5.43 Å². The Labute approximate surface area is 109 Å². The van der Waals surface area contributed by atoms with Gasteiger partial charge < -0.3 is 0 Å². The zero-order valence-electron chi connectivity index (χ0n) is 11.1. The first-order valence-electron chi connectivity index (χ1n) is 6.33. The molecule has 0 saturated heterocycles. The van der Waals surface area contributed by atoms with E-state index in [0.29, 0.717) is 12.0 Å². The molecule has 2 nitrogen and oxygen atoms in total. The number of hydrogen-bond donors (Lipinski definition) is 2. The number of thioether (sulfide) groups is 1. The third-order valence-corrected chi connectivity index (χ3v) is 4.45. The van der Waals surface area contributed by atoms with Gasteiger partial charge in [-0.15, -0.1) is 11.8 Å². The molecular formula is C14H24N2S. The van der Waals surface area contributed by atoms with E-state index < -0.39 is 0 Å². The summed E-state index contributed by atoms with van der Waals surface area (Å²) in [5.41, 5.74) is 4.30. The topological polar surface area (TPSA) is 38.0 Å². The average Bonchev–Trinajstić information content (AvgIpc) is 2.32. The lowest BCUT2D eigenvalue weighted by Gasteiger charge is -2.22. The van der Waals surface area contributed by atoms with Crippen LogP contribution in [0.1, 0.15) is 32.3 Å². The lowest BCUT2D eigenvalue weighted by molar-refractivity contribution is 0.387. The molecular weight excluding hydrogens is 228 g/mol. The molecule has 1 aromatic carbocycles. The highest BCUT2D eigenvalue weighted by atomic mass is 32.2. The molecule has 0 heterocycles. The van der Waals surface area contributed by atoms with Crippen molar-refractivity contribution in [2.24, 2.45) is 11.8 Å². The van der Waals surface area contributed by atoms with Gasteiger partial charge in [0, 0.05) is 16.7 Å². The van der Waals surface area contributed by atoms with Gasteiger partial charge in [0.1, 0.15) is 0 Å². The predicted molar refractivity (Wildman–Crippen MR) is 77.1 cm³/mol. The molecule has 0 bridgehead atoms. The van der Waals surface area contributed by atoms with Crippen LogP contribution in [-0.4, -0.2) is 11.8 Å². The van der Waals surface area contributed by atoms with Gasteiger partial charge in [0.15, 0.2) is 0 Å². The molecule has 3 heteroatoms. The first-order chi connectivity index (χ1) is 8.19. The van der Waals surface area contributed by atoms with Crippen LogP contribution < -0.4 is 11.3 Å². The van der Waals surface area contributed by atoms with Crippen molar-refractivity contribution in [3.8, 4) is 0 Å². The van der Waals surface area contributed by atoms with Gasteiger partial charge in [-0.05, 0) is 30.9 Å². The van der Waals surface area contributed by atoms with E-state index in [0.717, 1.165) is 5.75 Å². The van der Waals surface area contributed by atoms with Gasteiger partial charge in [-0.1, -0.05) is 38.5 Å². The van der Waals surface area contributed by atoms with Gasteiger partial charge in [0.25, 0.3) is 0 Å². The fourth-order valence-electron chi connectivity index (χ4n) is 1.93. The molecule has 0 amide bonds. The summed E-state index contributed by atoms with van der Waals surface area (Å²) in [5, 5.41) is 0. The highest BCUT2D eigenvalue weighted by molar-refractivity contribution is 7.99. The molecule has 0 aromatic heterocycles. The van der Waals surface area contributed by atoms with E-state index >= 15 is 0 Å². The molecule has 3 N–H and O–H groups in total. The summed E-state index contributed by atoms with van der Waals surface area (Å²) in [5.74, 6) is 7.30. The van der Waals surface area contributed by atoms with E-state index in [-0.39, 0.29) is 0 Å². The molecule has 1 aromatic rings. The van der Waals surface area contributed by atoms with Gasteiger partial charge in [0.05, 0.1) is 0 Å². The fraction of sp³-hybridized carbons (Fsp3) is 0.571. The van der Waals surface area contributed by atoms with Gasteiger partial charge >= 0.3 is 0 Å². The minimum Gasteiger partial charge on any atom is -0.271 e. The Morgan fingerprint density at radius 2 is 2.06 bits per heavy atom. The molecule has 0 saturated carbocycles. The third-order valence-electron chi connectivity index (χ3n) is 3.16. The van der Waals surface area contributed by atoms with Crippen LogP contribution in [0.25, 0.3) is 0 Å². The predicted octanol–water partition coefficient (Wildman–Crippen LogP) is 3.36. The number of hydrazine groups is 1. The number of nitrogens with one attached hydrogen (secondary N) is 1. The van der Waals surface area contributed by atoms with Crippen LogP contribution >= 0.6 is 11.8 Å². The van der Waals surface area contributed by atoms with Gasteiger partial charge in [-0.2, -0.15) is 0 Å². The van der Waals surface area contributed by atoms with Crippen LogP contribution in [0.4, 0.5) is 0 Å². The lowest BCUT2D eigenvalue weighted by atomic mass is 9.99. The third kappa shape index (κ3) is 4.70. The summed E-state index contributed by atoms with van der Waals surface area (Å²) in [6, 6.07) is 8.90. The number of rotatable bonds is 7. The second-order valence-electron chi connectivity index (χ2n) is 4.62. The van der Waals surface area contributed by atoms with Crippen molar-refractivity contribution in [3.05, 3.63) is 29.8 Å². The number of aryl methyl sites for hydroxylation is 1. The zero-order chi connectivity index (χ0) is 12.7. The summed E-state index contributed by atoms with van der Waals surface area (Å²) in [6.45, 7) is 6.65. The molecule has 0 radical (unpaired) electrons. The summed E-state index contributed by atoms with van der Waals surface area (Å²) in [7, 11) is 0. The first kappa shape index (κ1) is 14.6. The molecule has 1 rings (SSSR count). The van der Waals surface area contributed by atoms with Crippen LogP contribution in [0.15, 0.2) is 29.2 Å². The number of nitrogens with two attached hydrogens (primary N) is 1. The SMILES string of the molecule is CCCC(C)C(CSc1ccccc1C)NN. The van der Waals surface area contributed by atoms with E-state index in [2.05, 4.69) is 50.5 Å². The molecule has 0 aliphatic heterocycles. The Kier molecular flexibility index (Phi) is 6.63. The van der Waals surface area contributed by atoms with Crippen LogP contribution in [0.5, 0.6) is 0 Å². The monoisotopic (exact) mass is 252 g/mol. The molecule has 0 spiro atoms. The van der Waals surface area contributed by atoms with Crippen molar-refractivity contribution in [2.75, 3.05) is 5.75 Å². The maximum absolute atomic E-state index is 5.64. The number of benzene rings is 1. The number of hydrogen-bond acceptors (Lipinski definition) is 3. The summed E-state index contributed by atoms with van der Waals surface area (Å²) in [4.78, 5) is 1.36. The Hall–Kier alpha value is -0.510. The standard InChI is InChI=1S/C14H24N2S/c1-4-7-11(2)13(16-15)10-17-14-9-6-5-8-12(14)3/h5-6,8-9,11,13,16H,4,7,10,15H2,1-3H3. The van der Waals surface area contributed by atoms with E-state index in [9.17, 15) is 0 Å². The fourth-order valence-corrected chi connectivity index (χ4v) is 3.19. The first-order valence-corrected chi connectivity index (χ1v) is 7.32. The zero-order valence-corrected chi connectivity index (χ0v) is 11.9. The second-order valence-corrected chi connectivity index (χ2v) is 5.68. The molecule has 2 unspecified atom stereocenters. The molecule has 17 heavy (non-hydrogen) atoms. The molecule has 0 fully saturated rings. The van der Waals surface area contributed by atoms with E-state index in [4.69, 9.17) is 5.84 Å². The van der Waals surface area contributed by atoms with E-state index in [1.54, 1.807) is 0 Å². The van der Waals surface area contributed by atoms with Crippen LogP contribution in [0.3, 0.4) is 0 Å². The van der Waals surface area contributed by atoms with Crippen molar-refractivity contribution in [2.45, 2.75) is 44.6 Å². The maximum atomic E-state index is 5.64. The van der Waals surface area contributed by atoms with Crippen molar-refractivity contribution < 1.29 is 0 Å².